The number of carbonyl (C=O) groups is 1. The lowest BCUT2D eigenvalue weighted by molar-refractivity contribution is 0.0685. The number of aromatic hydroxyl groups is 1. The molecule has 0 bridgehead atoms. The van der Waals surface area contributed by atoms with Gasteiger partial charge in [0.25, 0.3) is 5.91 Å². The Bertz CT molecular complexity index is 1040. The number of anilines is 1. The topological polar surface area (TPSA) is 61.8 Å². The van der Waals surface area contributed by atoms with Crippen LogP contribution >= 0.6 is 11.6 Å². The summed E-state index contributed by atoms with van der Waals surface area (Å²) in [6, 6.07) is 20.9. The van der Waals surface area contributed by atoms with Gasteiger partial charge in [-0.1, -0.05) is 54.1 Å². The first-order chi connectivity index (χ1) is 14.1. The Kier molecular flexibility index (Phi) is 5.32. The fraction of sp³-hybridized carbons (Fsp3) is 0.174. The largest absolute Gasteiger partial charge is 0.503 e. The van der Waals surface area contributed by atoms with Crippen molar-refractivity contribution in [2.75, 3.05) is 19.0 Å². The number of ether oxygens (including phenoxy) is 1. The van der Waals surface area contributed by atoms with Crippen LogP contribution in [0.3, 0.4) is 0 Å². The molecule has 2 N–H and O–H groups in total. The number of hydrogen-bond donors (Lipinski definition) is 2. The summed E-state index contributed by atoms with van der Waals surface area (Å²) in [4.78, 5) is 15.1. The van der Waals surface area contributed by atoms with E-state index in [0.29, 0.717) is 12.1 Å². The monoisotopic (exact) mass is 408 g/mol. The van der Waals surface area contributed by atoms with Crippen LogP contribution in [0.2, 0.25) is 5.02 Å². The quantitative estimate of drug-likeness (QED) is 0.632. The van der Waals surface area contributed by atoms with Crippen molar-refractivity contribution in [3.63, 3.8) is 0 Å². The molecule has 5 nitrogen and oxygen atoms in total. The molecular weight excluding hydrogens is 388 g/mol. The van der Waals surface area contributed by atoms with Crippen molar-refractivity contribution in [2.45, 2.75) is 12.6 Å². The van der Waals surface area contributed by atoms with Gasteiger partial charge in [-0.05, 0) is 36.2 Å². The smallest absolute Gasteiger partial charge is 0.257 e. The maximum Gasteiger partial charge on any atom is 0.257 e. The molecule has 29 heavy (non-hydrogen) atoms. The molecule has 0 aliphatic carbocycles. The third kappa shape index (κ3) is 3.74. The Morgan fingerprint density at radius 1 is 1.10 bits per heavy atom. The van der Waals surface area contributed by atoms with Crippen LogP contribution < -0.4 is 10.1 Å². The number of phenols is 1. The van der Waals surface area contributed by atoms with Gasteiger partial charge < -0.3 is 20.1 Å². The van der Waals surface area contributed by atoms with E-state index in [1.54, 1.807) is 17.0 Å². The summed E-state index contributed by atoms with van der Waals surface area (Å²) in [5, 5.41) is 13.7. The molecule has 0 aromatic heterocycles. The molecule has 4 rings (SSSR count). The van der Waals surface area contributed by atoms with Crippen molar-refractivity contribution < 1.29 is 14.6 Å². The van der Waals surface area contributed by atoms with E-state index in [2.05, 4.69) is 5.32 Å². The van der Waals surface area contributed by atoms with Crippen LogP contribution in [0.25, 0.3) is 0 Å². The SMILES string of the molecule is COc1cc(C2Nc3ccccc3C(=O)N2CCc2ccccc2)cc(Cl)c1O. The second kappa shape index (κ2) is 8.05. The van der Waals surface area contributed by atoms with Gasteiger partial charge in [-0.15, -0.1) is 0 Å². The predicted octanol–water partition coefficient (Wildman–Crippen LogP) is 4.86. The molecule has 0 spiro atoms. The summed E-state index contributed by atoms with van der Waals surface area (Å²) in [7, 11) is 1.47. The maximum absolute atomic E-state index is 13.3. The molecule has 1 aliphatic heterocycles. The van der Waals surface area contributed by atoms with E-state index < -0.39 is 6.17 Å². The molecule has 0 radical (unpaired) electrons. The zero-order chi connectivity index (χ0) is 20.4. The highest BCUT2D eigenvalue weighted by atomic mass is 35.5. The molecule has 0 saturated carbocycles. The Morgan fingerprint density at radius 2 is 1.83 bits per heavy atom. The van der Waals surface area contributed by atoms with E-state index in [0.717, 1.165) is 23.2 Å². The number of benzene rings is 3. The fourth-order valence-electron chi connectivity index (χ4n) is 3.59. The second-order valence-electron chi connectivity index (χ2n) is 6.88. The Hall–Kier alpha value is -3.18. The van der Waals surface area contributed by atoms with Gasteiger partial charge in [-0.3, -0.25) is 4.79 Å². The molecule has 1 heterocycles. The minimum atomic E-state index is -0.437. The fourth-order valence-corrected chi connectivity index (χ4v) is 3.81. The van der Waals surface area contributed by atoms with Crippen LogP contribution in [0, 0.1) is 0 Å². The van der Waals surface area contributed by atoms with Crippen LogP contribution in [0.5, 0.6) is 11.5 Å². The van der Waals surface area contributed by atoms with E-state index in [4.69, 9.17) is 16.3 Å². The molecule has 0 fully saturated rings. The number of carbonyl (C=O) groups excluding carboxylic acids is 1. The lowest BCUT2D eigenvalue weighted by Crippen LogP contribution is -2.44. The molecule has 148 valence electrons. The van der Waals surface area contributed by atoms with Gasteiger partial charge in [0.2, 0.25) is 0 Å². The normalized spacial score (nSPS) is 15.6. The minimum Gasteiger partial charge on any atom is -0.503 e. The standard InChI is InChI=1S/C23H21ClN2O3/c1-29-20-14-16(13-18(24)21(20)27)22-25-19-10-6-5-9-17(19)23(28)26(22)12-11-15-7-3-2-4-8-15/h2-10,13-14,22,25,27H,11-12H2,1H3. The molecule has 6 heteroatoms. The van der Waals surface area contributed by atoms with Crippen molar-refractivity contribution in [3.8, 4) is 11.5 Å². The number of hydrogen-bond acceptors (Lipinski definition) is 4. The number of methoxy groups -OCH3 is 1. The molecule has 1 atom stereocenters. The third-order valence-corrected chi connectivity index (χ3v) is 5.38. The van der Waals surface area contributed by atoms with Crippen molar-refractivity contribution in [3.05, 3.63) is 88.4 Å². The summed E-state index contributed by atoms with van der Waals surface area (Å²) >= 11 is 6.21. The summed E-state index contributed by atoms with van der Waals surface area (Å²) in [5.41, 5.74) is 3.29. The van der Waals surface area contributed by atoms with Gasteiger partial charge in [0, 0.05) is 17.8 Å². The molecular formula is C23H21ClN2O3. The predicted molar refractivity (Wildman–Crippen MR) is 114 cm³/mol. The van der Waals surface area contributed by atoms with E-state index in [1.807, 2.05) is 54.6 Å². The summed E-state index contributed by atoms with van der Waals surface area (Å²) in [6.45, 7) is 0.523. The zero-order valence-corrected chi connectivity index (χ0v) is 16.7. The molecule has 1 aliphatic rings. The third-order valence-electron chi connectivity index (χ3n) is 5.09. The van der Waals surface area contributed by atoms with Gasteiger partial charge in [-0.2, -0.15) is 0 Å². The Balaban J connectivity index is 1.73. The first kappa shape index (κ1) is 19.2. The highest BCUT2D eigenvalue weighted by molar-refractivity contribution is 6.32. The van der Waals surface area contributed by atoms with Gasteiger partial charge >= 0.3 is 0 Å². The van der Waals surface area contributed by atoms with Crippen molar-refractivity contribution in [1.29, 1.82) is 0 Å². The number of fused-ring (bicyclic) bond motifs is 1. The number of nitrogens with one attached hydrogen (secondary N) is 1. The molecule has 1 unspecified atom stereocenters. The van der Waals surface area contributed by atoms with E-state index in [-0.39, 0.29) is 22.4 Å². The van der Waals surface area contributed by atoms with Gasteiger partial charge in [-0.25, -0.2) is 0 Å². The van der Waals surface area contributed by atoms with E-state index in [9.17, 15) is 9.90 Å². The number of nitrogens with zero attached hydrogens (tertiary/aromatic N) is 1. The van der Waals surface area contributed by atoms with Crippen molar-refractivity contribution in [1.82, 2.24) is 4.90 Å². The average Bonchev–Trinajstić information content (AvgIpc) is 2.75. The molecule has 1 amide bonds. The van der Waals surface area contributed by atoms with Gasteiger partial charge in [0.05, 0.1) is 17.7 Å². The van der Waals surface area contributed by atoms with Crippen LogP contribution in [-0.2, 0) is 6.42 Å². The first-order valence-corrected chi connectivity index (χ1v) is 9.73. The summed E-state index contributed by atoms with van der Waals surface area (Å²) in [6.07, 6.45) is 0.281. The van der Waals surface area contributed by atoms with Gasteiger partial charge in [0.1, 0.15) is 6.17 Å². The number of amides is 1. The summed E-state index contributed by atoms with van der Waals surface area (Å²) < 4.78 is 5.25. The van der Waals surface area contributed by atoms with Crippen LogP contribution in [0.15, 0.2) is 66.7 Å². The zero-order valence-electron chi connectivity index (χ0n) is 15.9. The Labute approximate surface area is 174 Å². The average molecular weight is 409 g/mol. The van der Waals surface area contributed by atoms with Crippen molar-refractivity contribution in [2.24, 2.45) is 0 Å². The summed E-state index contributed by atoms with van der Waals surface area (Å²) in [5.74, 6) is 0.100. The van der Waals surface area contributed by atoms with E-state index in [1.165, 1.54) is 7.11 Å². The molecule has 3 aromatic carbocycles. The first-order valence-electron chi connectivity index (χ1n) is 9.35. The number of halogens is 1. The van der Waals surface area contributed by atoms with Crippen LogP contribution in [-0.4, -0.2) is 29.6 Å². The highest BCUT2D eigenvalue weighted by Crippen LogP contribution is 2.40. The molecule has 0 saturated heterocycles. The molecule has 3 aromatic rings. The van der Waals surface area contributed by atoms with E-state index >= 15 is 0 Å². The number of rotatable bonds is 5. The Morgan fingerprint density at radius 3 is 2.59 bits per heavy atom. The highest BCUT2D eigenvalue weighted by Gasteiger charge is 2.33. The van der Waals surface area contributed by atoms with Gasteiger partial charge in [0.15, 0.2) is 11.5 Å². The number of phenolic OH excluding ortho intramolecular Hbond substituents is 1. The lowest BCUT2D eigenvalue weighted by atomic mass is 10.0. The van der Waals surface area contributed by atoms with Crippen LogP contribution in [0.4, 0.5) is 5.69 Å². The second-order valence-corrected chi connectivity index (χ2v) is 7.29. The van der Waals surface area contributed by atoms with Crippen molar-refractivity contribution >= 4 is 23.2 Å². The number of para-hydroxylation sites is 1. The van der Waals surface area contributed by atoms with Crippen LogP contribution in [0.1, 0.15) is 27.7 Å². The lowest BCUT2D eigenvalue weighted by Gasteiger charge is -2.38. The minimum absolute atomic E-state index is 0.0524. The maximum atomic E-state index is 13.3.